The summed E-state index contributed by atoms with van der Waals surface area (Å²) in [6, 6.07) is -3.93. The number of rotatable bonds is 6. The Morgan fingerprint density at radius 2 is 1.76 bits per heavy atom. The number of phenolic OH excluding ortho intramolecular Hbond substituents is 2. The van der Waals surface area contributed by atoms with Crippen molar-refractivity contribution in [3.05, 3.63) is 39.2 Å². The van der Waals surface area contributed by atoms with Crippen LogP contribution in [0.4, 0.5) is 0 Å². The molecule has 1 aromatic carbocycles. The summed E-state index contributed by atoms with van der Waals surface area (Å²) in [6.07, 6.45) is -2.15. The maximum Gasteiger partial charge on any atom is 0.236 e. The Labute approximate surface area is 243 Å². The van der Waals surface area contributed by atoms with Crippen molar-refractivity contribution in [2.45, 2.75) is 69.7 Å². The molecule has 6 N–H and O–H groups in total. The van der Waals surface area contributed by atoms with Crippen LogP contribution in [0, 0.1) is 6.92 Å². The van der Waals surface area contributed by atoms with Gasteiger partial charge in [-0.05, 0) is 34.2 Å². The fourth-order valence-corrected chi connectivity index (χ4v) is 7.34. The monoisotopic (exact) mass is 586 g/mol. The number of likely N-dealkylation sites (N-methyl/N-ethyl adjacent to an activating group) is 1. The Bertz CT molecular complexity index is 1430. The minimum atomic E-state index is -1.29. The van der Waals surface area contributed by atoms with Crippen LogP contribution in [-0.4, -0.2) is 108 Å². The Morgan fingerprint density at radius 3 is 2.33 bits per heavy atom. The van der Waals surface area contributed by atoms with E-state index < -0.39 is 54.2 Å². The van der Waals surface area contributed by atoms with Crippen LogP contribution >= 0.6 is 0 Å². The zero-order valence-corrected chi connectivity index (χ0v) is 24.7. The number of ketones is 2. The zero-order chi connectivity index (χ0) is 30.9. The number of aromatic hydroxyl groups is 2. The summed E-state index contributed by atoms with van der Waals surface area (Å²) in [7, 11) is 5.91. The second-order valence-corrected chi connectivity index (χ2v) is 11.3. The van der Waals surface area contributed by atoms with Gasteiger partial charge in [-0.1, -0.05) is 0 Å². The maximum absolute atomic E-state index is 13.8. The number of hydrogen-bond acceptors (Lipinski definition) is 12. The number of Topliss-reactive ketones (excluding diaryl/α,β-unsaturated/α-hetero) is 2. The third-order valence-electron chi connectivity index (χ3n) is 9.25. The van der Waals surface area contributed by atoms with Gasteiger partial charge in [-0.15, -0.1) is 0 Å². The number of nitrogens with zero attached hydrogens (tertiary/aromatic N) is 2. The van der Waals surface area contributed by atoms with Gasteiger partial charge in [-0.2, -0.15) is 0 Å². The molecule has 42 heavy (non-hydrogen) atoms. The Balaban J connectivity index is 1.76. The molecule has 2 bridgehead atoms. The smallest absolute Gasteiger partial charge is 0.236 e. The first-order valence-electron chi connectivity index (χ1n) is 13.8. The summed E-state index contributed by atoms with van der Waals surface area (Å²) >= 11 is 0. The molecule has 1 fully saturated rings. The van der Waals surface area contributed by atoms with Gasteiger partial charge in [0, 0.05) is 53.1 Å². The summed E-state index contributed by atoms with van der Waals surface area (Å²) in [5.74, 6) is -1.66. The molecule has 13 heteroatoms. The number of aliphatic hydroxyl groups is 1. The fraction of sp³-hybridized carbons (Fsp3) is 0.552. The van der Waals surface area contributed by atoms with Crippen LogP contribution in [0.15, 0.2) is 22.5 Å². The molecule has 0 unspecified atom stereocenters. The number of allylic oxidation sites excluding steroid dienone is 2. The van der Waals surface area contributed by atoms with E-state index in [1.54, 1.807) is 18.9 Å². The molecule has 1 amide bonds. The highest BCUT2D eigenvalue weighted by atomic mass is 16.5. The number of hydrogen-bond donors (Lipinski definition) is 5. The van der Waals surface area contributed by atoms with Crippen LogP contribution in [0.3, 0.4) is 0 Å². The van der Waals surface area contributed by atoms with Gasteiger partial charge in [-0.3, -0.25) is 24.2 Å². The number of nitrogens with one attached hydrogen (secondary N) is 1. The van der Waals surface area contributed by atoms with Crippen molar-refractivity contribution >= 4 is 17.5 Å². The zero-order valence-electron chi connectivity index (χ0n) is 24.7. The lowest BCUT2D eigenvalue weighted by atomic mass is 9.70. The summed E-state index contributed by atoms with van der Waals surface area (Å²) < 4.78 is 16.7. The molecule has 1 aliphatic carbocycles. The molecule has 0 saturated carbocycles. The van der Waals surface area contributed by atoms with Crippen LogP contribution in [0.5, 0.6) is 17.2 Å². The molecule has 1 aromatic rings. The van der Waals surface area contributed by atoms with E-state index in [0.29, 0.717) is 16.7 Å². The van der Waals surface area contributed by atoms with Gasteiger partial charge in [0.05, 0.1) is 38.4 Å². The molecule has 3 aliphatic heterocycles. The molecule has 13 nitrogen and oxygen atoms in total. The van der Waals surface area contributed by atoms with Crippen molar-refractivity contribution in [1.82, 2.24) is 15.1 Å². The van der Waals surface area contributed by atoms with E-state index >= 15 is 0 Å². The molecule has 7 atom stereocenters. The van der Waals surface area contributed by atoms with Gasteiger partial charge in [-0.25, -0.2) is 0 Å². The van der Waals surface area contributed by atoms with Gasteiger partial charge in [0.1, 0.15) is 18.1 Å². The quantitative estimate of drug-likeness (QED) is 0.224. The lowest BCUT2D eigenvalue weighted by molar-refractivity contribution is -0.198. The number of benzene rings is 1. The summed E-state index contributed by atoms with van der Waals surface area (Å²) in [5.41, 5.74) is 7.30. The number of nitrogens with two attached hydrogens (primary N) is 1. The summed E-state index contributed by atoms with van der Waals surface area (Å²) in [6.45, 7) is 4.52. The predicted octanol–water partition coefficient (Wildman–Crippen LogP) is 0.0645. The van der Waals surface area contributed by atoms with E-state index in [1.807, 2.05) is 4.90 Å². The Morgan fingerprint density at radius 1 is 1.10 bits per heavy atom. The number of carbonyl (C=O) groups is 3. The van der Waals surface area contributed by atoms with Gasteiger partial charge >= 0.3 is 0 Å². The van der Waals surface area contributed by atoms with Crippen LogP contribution in [-0.2, 0) is 23.9 Å². The van der Waals surface area contributed by atoms with Crippen LogP contribution in [0.1, 0.15) is 49.1 Å². The Hall–Kier alpha value is -3.49. The number of aliphatic hydroxyl groups excluding tert-OH is 1. The number of methoxy groups -OCH3 is 3. The fourth-order valence-electron chi connectivity index (χ4n) is 7.34. The molecule has 5 rings (SSSR count). The summed E-state index contributed by atoms with van der Waals surface area (Å²) in [4.78, 5) is 43.6. The second-order valence-electron chi connectivity index (χ2n) is 11.3. The average Bonchev–Trinajstić information content (AvgIpc) is 2.95. The van der Waals surface area contributed by atoms with Crippen molar-refractivity contribution in [2.24, 2.45) is 5.73 Å². The molecule has 3 heterocycles. The molecular weight excluding hydrogens is 548 g/mol. The van der Waals surface area contributed by atoms with Gasteiger partial charge in [0.2, 0.25) is 11.7 Å². The molecular formula is C29H38N4O9. The van der Waals surface area contributed by atoms with E-state index in [4.69, 9.17) is 19.9 Å². The standard InChI is InChI=1S/C29H38N4O9/c1-10-21(34)13-8-14-19-17-18(22(35)11(2)26(41-6)24(17)37)27(42-7)20(32(19)4)29(39)33(14)15(9-31-28(38)12(3)30)16(13)23(36)25(10)40-5/h12,14-15,19-20,27,29,35,37,39H,8-9,30H2,1-7H3,(H,31,38)/t12-,14-,15-,19+,20+,27-,29-/m0/s1. The molecule has 1 saturated heterocycles. The van der Waals surface area contributed by atoms with Gasteiger partial charge in [0.15, 0.2) is 23.0 Å². The van der Waals surface area contributed by atoms with Crippen LogP contribution in [0.25, 0.3) is 0 Å². The molecule has 0 spiro atoms. The molecule has 0 aromatic heterocycles. The highest BCUT2D eigenvalue weighted by molar-refractivity contribution is 6.25. The number of phenols is 2. The number of ether oxygens (including phenoxy) is 3. The molecule has 0 radical (unpaired) electrons. The van der Waals surface area contributed by atoms with E-state index in [2.05, 4.69) is 5.32 Å². The minimum absolute atomic E-state index is 0.0399. The van der Waals surface area contributed by atoms with Crippen LogP contribution < -0.4 is 15.8 Å². The molecule has 4 aliphatic rings. The third-order valence-corrected chi connectivity index (χ3v) is 9.25. The summed E-state index contributed by atoms with van der Waals surface area (Å²) in [5, 5.41) is 37.7. The van der Waals surface area contributed by atoms with E-state index in [9.17, 15) is 29.7 Å². The SMILES string of the molecule is COC1=C(C)C(=O)C2=C(C1=O)[C@H](CNC(=O)[C@H](C)N)N1[C@@H](O)[C@H]3[C@@H](OC)c4c(O)c(C)c(OC)c(O)c4[C@@H]([C@@H]1C2)N3C. The van der Waals surface area contributed by atoms with Crippen molar-refractivity contribution in [2.75, 3.05) is 34.9 Å². The number of piperazine rings is 1. The first-order chi connectivity index (χ1) is 19.8. The number of fused-ring (bicyclic) bond motifs is 6. The van der Waals surface area contributed by atoms with Gasteiger partial charge in [0.25, 0.3) is 0 Å². The van der Waals surface area contributed by atoms with E-state index in [0.717, 1.165) is 0 Å². The second kappa shape index (κ2) is 10.7. The van der Waals surface area contributed by atoms with Crippen molar-refractivity contribution < 1.29 is 43.9 Å². The first kappa shape index (κ1) is 30.0. The molecule has 228 valence electrons. The first-order valence-corrected chi connectivity index (χ1v) is 13.8. The number of amides is 1. The van der Waals surface area contributed by atoms with Crippen molar-refractivity contribution in [3.8, 4) is 17.2 Å². The normalized spacial score (nSPS) is 30.0. The third kappa shape index (κ3) is 3.98. The lowest BCUT2D eigenvalue weighted by Gasteiger charge is -2.61. The van der Waals surface area contributed by atoms with E-state index in [-0.39, 0.29) is 58.5 Å². The predicted molar refractivity (Wildman–Crippen MR) is 149 cm³/mol. The topological polar surface area (TPSA) is 184 Å². The minimum Gasteiger partial charge on any atom is -0.507 e. The van der Waals surface area contributed by atoms with Crippen molar-refractivity contribution in [1.29, 1.82) is 0 Å². The number of carbonyl (C=O) groups excluding carboxylic acids is 3. The van der Waals surface area contributed by atoms with Gasteiger partial charge < -0.3 is 40.6 Å². The van der Waals surface area contributed by atoms with Crippen LogP contribution in [0.2, 0.25) is 0 Å². The van der Waals surface area contributed by atoms with E-state index in [1.165, 1.54) is 35.2 Å². The largest absolute Gasteiger partial charge is 0.507 e. The highest BCUT2D eigenvalue weighted by Gasteiger charge is 2.60. The Kier molecular flexibility index (Phi) is 7.60. The highest BCUT2D eigenvalue weighted by Crippen LogP contribution is 2.59. The van der Waals surface area contributed by atoms with Crippen molar-refractivity contribution in [3.63, 3.8) is 0 Å². The maximum atomic E-state index is 13.8. The lowest BCUT2D eigenvalue weighted by Crippen LogP contribution is -2.72. The average molecular weight is 587 g/mol.